The van der Waals surface area contributed by atoms with Gasteiger partial charge in [-0.15, -0.1) is 11.3 Å². The van der Waals surface area contributed by atoms with E-state index in [0.29, 0.717) is 5.02 Å². The molecule has 1 aromatic carbocycles. The molecule has 0 saturated heterocycles. The van der Waals surface area contributed by atoms with E-state index in [1.165, 1.54) is 0 Å². The quantitative estimate of drug-likeness (QED) is 0.470. The second-order valence-electron chi connectivity index (χ2n) is 5.75. The summed E-state index contributed by atoms with van der Waals surface area (Å²) in [6.07, 6.45) is 8.25. The van der Waals surface area contributed by atoms with Gasteiger partial charge >= 0.3 is 0 Å². The predicted octanol–water partition coefficient (Wildman–Crippen LogP) is 4.98. The number of nitrogens with zero attached hydrogens (tertiary/aromatic N) is 4. The van der Waals surface area contributed by atoms with E-state index in [9.17, 15) is 0 Å². The number of thiazole rings is 1. The average Bonchev–Trinajstić information content (AvgIpc) is 3.39. The van der Waals surface area contributed by atoms with Gasteiger partial charge in [-0.1, -0.05) is 23.7 Å². The van der Waals surface area contributed by atoms with Crippen LogP contribution in [0.25, 0.3) is 11.5 Å². The molecule has 0 fully saturated rings. The Morgan fingerprint density at radius 3 is 2.85 bits per heavy atom. The van der Waals surface area contributed by atoms with Gasteiger partial charge in [0.2, 0.25) is 0 Å². The molecule has 132 valence electrons. The zero-order chi connectivity index (χ0) is 17.8. The van der Waals surface area contributed by atoms with Crippen molar-refractivity contribution in [2.75, 3.05) is 0 Å². The van der Waals surface area contributed by atoms with E-state index in [0.717, 1.165) is 41.5 Å². The molecule has 0 aliphatic rings. The Kier molecular flexibility index (Phi) is 5.04. The predicted molar refractivity (Wildman–Crippen MR) is 104 cm³/mol. The molecule has 7 heteroatoms. The van der Waals surface area contributed by atoms with Crippen molar-refractivity contribution in [3.8, 4) is 11.5 Å². The highest BCUT2D eigenvalue weighted by Crippen LogP contribution is 2.25. The van der Waals surface area contributed by atoms with Gasteiger partial charge in [0.05, 0.1) is 29.0 Å². The standard InChI is InChI=1S/C19H17ClN4OS/c20-15-5-1-2-6-16(15)22-19-24(10-4-9-23-11-8-21-14-23)17(13-26-19)18-7-3-12-25-18/h1-3,5-8,11-14H,4,9-10H2. The molecule has 0 spiro atoms. The van der Waals surface area contributed by atoms with Crippen LogP contribution in [0.4, 0.5) is 5.69 Å². The highest BCUT2D eigenvalue weighted by Gasteiger charge is 2.11. The molecule has 4 aromatic rings. The Bertz CT molecular complexity index is 1030. The van der Waals surface area contributed by atoms with Gasteiger partial charge < -0.3 is 13.6 Å². The minimum atomic E-state index is 0.644. The molecule has 0 atom stereocenters. The van der Waals surface area contributed by atoms with Gasteiger partial charge in [0.25, 0.3) is 0 Å². The maximum atomic E-state index is 6.28. The third kappa shape index (κ3) is 3.66. The van der Waals surface area contributed by atoms with Gasteiger partial charge in [0.15, 0.2) is 10.6 Å². The van der Waals surface area contributed by atoms with Crippen LogP contribution >= 0.6 is 22.9 Å². The van der Waals surface area contributed by atoms with Crippen molar-refractivity contribution in [1.29, 1.82) is 0 Å². The lowest BCUT2D eigenvalue weighted by molar-refractivity contribution is 0.541. The SMILES string of the molecule is Clc1ccccc1N=c1scc(-c2ccco2)n1CCCn1ccnc1. The van der Waals surface area contributed by atoms with E-state index in [1.807, 2.05) is 48.9 Å². The lowest BCUT2D eigenvalue weighted by Gasteiger charge is -2.08. The normalized spacial score (nSPS) is 12.0. The maximum absolute atomic E-state index is 6.28. The fraction of sp³-hybridized carbons (Fsp3) is 0.158. The molecular formula is C19H17ClN4OS. The first-order valence-corrected chi connectivity index (χ1v) is 9.54. The minimum absolute atomic E-state index is 0.644. The molecule has 0 N–H and O–H groups in total. The summed E-state index contributed by atoms with van der Waals surface area (Å²) < 4.78 is 9.86. The van der Waals surface area contributed by atoms with E-state index in [4.69, 9.17) is 21.0 Å². The van der Waals surface area contributed by atoms with Crippen molar-refractivity contribution >= 4 is 28.6 Å². The lowest BCUT2D eigenvalue weighted by Crippen LogP contribution is -2.17. The third-order valence-corrected chi connectivity index (χ3v) is 5.18. The van der Waals surface area contributed by atoms with Crippen LogP contribution in [0.2, 0.25) is 5.02 Å². The van der Waals surface area contributed by atoms with E-state index in [2.05, 4.69) is 19.5 Å². The molecular weight excluding hydrogens is 368 g/mol. The van der Waals surface area contributed by atoms with Gasteiger partial charge in [-0.25, -0.2) is 9.98 Å². The van der Waals surface area contributed by atoms with E-state index < -0.39 is 0 Å². The van der Waals surface area contributed by atoms with Gasteiger partial charge in [-0.3, -0.25) is 0 Å². The number of halogens is 1. The first kappa shape index (κ1) is 16.9. The molecule has 4 rings (SSSR count). The van der Waals surface area contributed by atoms with Crippen molar-refractivity contribution in [1.82, 2.24) is 14.1 Å². The zero-order valence-corrected chi connectivity index (χ0v) is 15.5. The van der Waals surface area contributed by atoms with Crippen LogP contribution in [0, 0.1) is 0 Å². The molecule has 26 heavy (non-hydrogen) atoms. The average molecular weight is 385 g/mol. The summed E-state index contributed by atoms with van der Waals surface area (Å²) in [6, 6.07) is 11.5. The first-order valence-electron chi connectivity index (χ1n) is 8.28. The number of imidazole rings is 1. The number of para-hydroxylation sites is 1. The Labute approximate surface area is 159 Å². The van der Waals surface area contributed by atoms with Gasteiger partial charge in [-0.05, 0) is 30.7 Å². The second-order valence-corrected chi connectivity index (χ2v) is 6.99. The van der Waals surface area contributed by atoms with Crippen molar-refractivity contribution in [2.45, 2.75) is 19.5 Å². The van der Waals surface area contributed by atoms with Gasteiger partial charge in [0.1, 0.15) is 0 Å². The Hall–Kier alpha value is -2.57. The molecule has 0 radical (unpaired) electrons. The number of aromatic nitrogens is 3. The number of furan rings is 1. The van der Waals surface area contributed by atoms with Gasteiger partial charge in [-0.2, -0.15) is 0 Å². The molecule has 0 bridgehead atoms. The van der Waals surface area contributed by atoms with Crippen molar-refractivity contribution in [2.24, 2.45) is 4.99 Å². The van der Waals surface area contributed by atoms with Crippen LogP contribution in [0.3, 0.4) is 0 Å². The lowest BCUT2D eigenvalue weighted by atomic mass is 10.3. The molecule has 0 unspecified atom stereocenters. The fourth-order valence-corrected chi connectivity index (χ4v) is 3.84. The highest BCUT2D eigenvalue weighted by molar-refractivity contribution is 7.07. The van der Waals surface area contributed by atoms with Crippen molar-refractivity contribution in [3.05, 3.63) is 76.6 Å². The zero-order valence-electron chi connectivity index (χ0n) is 14.0. The highest BCUT2D eigenvalue weighted by atomic mass is 35.5. The van der Waals surface area contributed by atoms with Gasteiger partial charge in [0, 0.05) is 30.9 Å². The van der Waals surface area contributed by atoms with E-state index in [1.54, 1.807) is 23.8 Å². The monoisotopic (exact) mass is 384 g/mol. The topological polar surface area (TPSA) is 48.2 Å². The maximum Gasteiger partial charge on any atom is 0.190 e. The van der Waals surface area contributed by atoms with Crippen LogP contribution in [0.5, 0.6) is 0 Å². The Morgan fingerprint density at radius 1 is 1.15 bits per heavy atom. The molecule has 5 nitrogen and oxygen atoms in total. The third-order valence-electron chi connectivity index (χ3n) is 4.00. The van der Waals surface area contributed by atoms with E-state index >= 15 is 0 Å². The van der Waals surface area contributed by atoms with Crippen LogP contribution in [0.15, 0.2) is 76.2 Å². The number of benzene rings is 1. The Morgan fingerprint density at radius 2 is 2.08 bits per heavy atom. The fourth-order valence-electron chi connectivity index (χ4n) is 2.73. The number of hydrogen-bond acceptors (Lipinski definition) is 4. The van der Waals surface area contributed by atoms with Crippen LogP contribution < -0.4 is 4.80 Å². The van der Waals surface area contributed by atoms with Crippen LogP contribution in [-0.2, 0) is 13.1 Å². The summed E-state index contributed by atoms with van der Waals surface area (Å²) in [5.74, 6) is 0.837. The number of aryl methyl sites for hydroxylation is 1. The summed E-state index contributed by atoms with van der Waals surface area (Å²) >= 11 is 7.86. The number of hydrogen-bond donors (Lipinski definition) is 0. The molecule has 0 aliphatic carbocycles. The second kappa shape index (κ2) is 7.76. The first-order chi connectivity index (χ1) is 12.8. The molecule has 0 amide bonds. The smallest absolute Gasteiger partial charge is 0.190 e. The summed E-state index contributed by atoms with van der Waals surface area (Å²) in [5, 5.41) is 2.72. The summed E-state index contributed by atoms with van der Waals surface area (Å²) in [7, 11) is 0. The number of rotatable bonds is 6. The molecule has 3 aromatic heterocycles. The molecule has 0 aliphatic heterocycles. The van der Waals surface area contributed by atoms with E-state index in [-0.39, 0.29) is 0 Å². The van der Waals surface area contributed by atoms with Crippen molar-refractivity contribution in [3.63, 3.8) is 0 Å². The summed E-state index contributed by atoms with van der Waals surface area (Å²) in [5.41, 5.74) is 1.79. The molecule has 3 heterocycles. The molecule has 0 saturated carbocycles. The van der Waals surface area contributed by atoms with Crippen LogP contribution in [-0.4, -0.2) is 14.1 Å². The van der Waals surface area contributed by atoms with Crippen molar-refractivity contribution < 1.29 is 4.42 Å². The summed E-state index contributed by atoms with van der Waals surface area (Å²) in [6.45, 7) is 1.72. The largest absolute Gasteiger partial charge is 0.463 e. The Balaban J connectivity index is 1.68. The summed E-state index contributed by atoms with van der Waals surface area (Å²) in [4.78, 5) is 9.76. The minimum Gasteiger partial charge on any atom is -0.463 e. The van der Waals surface area contributed by atoms with Crippen LogP contribution in [0.1, 0.15) is 6.42 Å².